The van der Waals surface area contributed by atoms with Crippen LogP contribution in [0, 0.1) is 39.0 Å². The van der Waals surface area contributed by atoms with Crippen LogP contribution in [0.3, 0.4) is 0 Å². The van der Waals surface area contributed by atoms with Crippen molar-refractivity contribution < 1.29 is 0 Å². The lowest BCUT2D eigenvalue weighted by Gasteiger charge is -2.21. The van der Waals surface area contributed by atoms with Crippen molar-refractivity contribution in [2.24, 2.45) is 0 Å². The Morgan fingerprint density at radius 3 is 2.43 bits per heavy atom. The Morgan fingerprint density at radius 2 is 1.81 bits per heavy atom. The summed E-state index contributed by atoms with van der Waals surface area (Å²) in [6.07, 6.45) is 0. The molecule has 3 heteroatoms. The molecular formula is C18H21N3. The van der Waals surface area contributed by atoms with E-state index in [0.29, 0.717) is 5.56 Å². The predicted octanol–water partition coefficient (Wildman–Crippen LogP) is 4.36. The van der Waals surface area contributed by atoms with Gasteiger partial charge in [0.15, 0.2) is 0 Å². The van der Waals surface area contributed by atoms with Gasteiger partial charge in [0.05, 0.1) is 17.7 Å². The van der Waals surface area contributed by atoms with Crippen molar-refractivity contribution in [3.63, 3.8) is 0 Å². The molecule has 2 aromatic rings. The summed E-state index contributed by atoms with van der Waals surface area (Å²) in [6.45, 7) is 10.4. The Hall–Kier alpha value is -2.34. The van der Waals surface area contributed by atoms with Crippen LogP contribution in [-0.4, -0.2) is 4.98 Å². The Bertz CT molecular complexity index is 688. The molecule has 0 saturated carbocycles. The topological polar surface area (TPSA) is 48.7 Å². The summed E-state index contributed by atoms with van der Waals surface area (Å²) >= 11 is 0. The third kappa shape index (κ3) is 3.22. The van der Waals surface area contributed by atoms with E-state index in [1.807, 2.05) is 39.0 Å². The van der Waals surface area contributed by atoms with E-state index in [9.17, 15) is 0 Å². The van der Waals surface area contributed by atoms with Gasteiger partial charge in [-0.3, -0.25) is 4.98 Å². The number of nitrogens with one attached hydrogen (secondary N) is 1. The molecular weight excluding hydrogens is 258 g/mol. The maximum absolute atomic E-state index is 9.04. The summed E-state index contributed by atoms with van der Waals surface area (Å²) in [5.41, 5.74) is 7.38. The first kappa shape index (κ1) is 15.1. The first-order chi connectivity index (χ1) is 9.92. The first-order valence-corrected chi connectivity index (χ1v) is 7.14. The fraction of sp³-hybridized carbons (Fsp3) is 0.333. The normalized spacial score (nSPS) is 11.8. The van der Waals surface area contributed by atoms with Crippen LogP contribution in [0.5, 0.6) is 0 Å². The van der Waals surface area contributed by atoms with Gasteiger partial charge in [0, 0.05) is 17.1 Å². The van der Waals surface area contributed by atoms with Crippen LogP contribution < -0.4 is 5.32 Å². The fourth-order valence-corrected chi connectivity index (χ4v) is 2.84. The number of aromatic nitrogens is 1. The molecule has 0 aliphatic heterocycles. The maximum Gasteiger partial charge on any atom is 0.0992 e. The van der Waals surface area contributed by atoms with Crippen molar-refractivity contribution in [1.82, 2.24) is 4.98 Å². The van der Waals surface area contributed by atoms with Crippen LogP contribution in [0.4, 0.5) is 5.69 Å². The summed E-state index contributed by atoms with van der Waals surface area (Å²) in [4.78, 5) is 4.56. The largest absolute Gasteiger partial charge is 0.378 e. The van der Waals surface area contributed by atoms with Gasteiger partial charge in [-0.2, -0.15) is 5.26 Å². The van der Waals surface area contributed by atoms with Gasteiger partial charge in [-0.15, -0.1) is 0 Å². The second-order valence-corrected chi connectivity index (χ2v) is 5.59. The summed E-state index contributed by atoms with van der Waals surface area (Å²) < 4.78 is 0. The van der Waals surface area contributed by atoms with E-state index >= 15 is 0 Å². The molecule has 0 aliphatic carbocycles. The van der Waals surface area contributed by atoms with Crippen molar-refractivity contribution in [3.05, 3.63) is 57.9 Å². The van der Waals surface area contributed by atoms with Gasteiger partial charge in [-0.25, -0.2) is 0 Å². The van der Waals surface area contributed by atoms with E-state index < -0.39 is 0 Å². The van der Waals surface area contributed by atoms with Crippen LogP contribution in [0.2, 0.25) is 0 Å². The number of hydrogen-bond acceptors (Lipinski definition) is 3. The van der Waals surface area contributed by atoms with Crippen molar-refractivity contribution >= 4 is 5.69 Å². The zero-order chi connectivity index (χ0) is 15.6. The third-order valence-electron chi connectivity index (χ3n) is 3.76. The zero-order valence-corrected chi connectivity index (χ0v) is 13.3. The Balaban J connectivity index is 2.35. The lowest BCUT2D eigenvalue weighted by atomic mass is 9.99. The van der Waals surface area contributed by atoms with E-state index in [1.54, 1.807) is 0 Å². The average Bonchev–Trinajstić information content (AvgIpc) is 2.40. The smallest absolute Gasteiger partial charge is 0.0992 e. The number of rotatable bonds is 3. The molecule has 21 heavy (non-hydrogen) atoms. The molecule has 1 aromatic carbocycles. The van der Waals surface area contributed by atoms with Gasteiger partial charge < -0.3 is 5.32 Å². The minimum absolute atomic E-state index is 0.144. The molecule has 0 fully saturated rings. The van der Waals surface area contributed by atoms with Gasteiger partial charge in [0.1, 0.15) is 0 Å². The maximum atomic E-state index is 9.04. The van der Waals surface area contributed by atoms with Crippen LogP contribution in [0.15, 0.2) is 24.3 Å². The molecule has 0 saturated heterocycles. The summed E-state index contributed by atoms with van der Waals surface area (Å²) in [5, 5.41) is 12.5. The highest BCUT2D eigenvalue weighted by molar-refractivity contribution is 5.56. The van der Waals surface area contributed by atoms with Crippen molar-refractivity contribution in [1.29, 1.82) is 5.26 Å². The molecule has 1 heterocycles. The van der Waals surface area contributed by atoms with Gasteiger partial charge >= 0.3 is 0 Å². The molecule has 1 atom stereocenters. The second kappa shape index (κ2) is 5.97. The zero-order valence-electron chi connectivity index (χ0n) is 13.3. The summed E-state index contributed by atoms with van der Waals surface area (Å²) in [5.74, 6) is 0. The Morgan fingerprint density at radius 1 is 1.10 bits per heavy atom. The molecule has 0 spiro atoms. The summed E-state index contributed by atoms with van der Waals surface area (Å²) in [7, 11) is 0. The van der Waals surface area contributed by atoms with Gasteiger partial charge in [-0.1, -0.05) is 6.07 Å². The number of pyridine rings is 1. The monoisotopic (exact) mass is 279 g/mol. The molecule has 2 rings (SSSR count). The van der Waals surface area contributed by atoms with E-state index in [0.717, 1.165) is 22.6 Å². The molecule has 3 nitrogen and oxygen atoms in total. The van der Waals surface area contributed by atoms with Crippen molar-refractivity contribution in [2.75, 3.05) is 5.32 Å². The molecule has 1 unspecified atom stereocenters. The van der Waals surface area contributed by atoms with Crippen LogP contribution in [0.1, 0.15) is 46.6 Å². The Labute approximate surface area is 126 Å². The highest BCUT2D eigenvalue weighted by Gasteiger charge is 2.14. The number of anilines is 1. The first-order valence-electron chi connectivity index (χ1n) is 7.14. The van der Waals surface area contributed by atoms with E-state index in [1.165, 1.54) is 11.1 Å². The predicted molar refractivity (Wildman–Crippen MR) is 86.4 cm³/mol. The van der Waals surface area contributed by atoms with E-state index in [4.69, 9.17) is 5.26 Å². The third-order valence-corrected chi connectivity index (χ3v) is 3.76. The highest BCUT2D eigenvalue weighted by atomic mass is 14.9. The SMILES string of the molecule is Cc1cc(C)c(C(C)Nc2cc(C#N)ccc2C)c(C)n1. The fourth-order valence-electron chi connectivity index (χ4n) is 2.84. The van der Waals surface area contributed by atoms with Crippen LogP contribution >= 0.6 is 0 Å². The molecule has 1 N–H and O–H groups in total. The highest BCUT2D eigenvalue weighted by Crippen LogP contribution is 2.27. The van der Waals surface area contributed by atoms with E-state index in [-0.39, 0.29) is 6.04 Å². The van der Waals surface area contributed by atoms with Crippen molar-refractivity contribution in [2.45, 2.75) is 40.7 Å². The average molecular weight is 279 g/mol. The molecule has 0 radical (unpaired) electrons. The number of nitrogens with zero attached hydrogens (tertiary/aromatic N) is 2. The minimum Gasteiger partial charge on any atom is -0.378 e. The van der Waals surface area contributed by atoms with E-state index in [2.05, 4.69) is 36.3 Å². The number of hydrogen-bond donors (Lipinski definition) is 1. The standard InChI is InChI=1S/C18H21N3/c1-11-6-7-16(10-19)9-17(11)21-15(5)18-12(2)8-13(3)20-14(18)4/h6-9,15,21H,1-5H3. The van der Waals surface area contributed by atoms with Crippen LogP contribution in [0.25, 0.3) is 0 Å². The van der Waals surface area contributed by atoms with Gasteiger partial charge in [0.25, 0.3) is 0 Å². The Kier molecular flexibility index (Phi) is 4.28. The molecule has 0 amide bonds. The minimum atomic E-state index is 0.144. The summed E-state index contributed by atoms with van der Waals surface area (Å²) in [6, 6.07) is 10.2. The second-order valence-electron chi connectivity index (χ2n) is 5.59. The van der Waals surface area contributed by atoms with Crippen LogP contribution in [-0.2, 0) is 0 Å². The van der Waals surface area contributed by atoms with Gasteiger partial charge in [-0.05, 0) is 69.5 Å². The number of aryl methyl sites for hydroxylation is 4. The number of nitriles is 1. The molecule has 1 aromatic heterocycles. The van der Waals surface area contributed by atoms with Crippen molar-refractivity contribution in [3.8, 4) is 6.07 Å². The van der Waals surface area contributed by atoms with Gasteiger partial charge in [0.2, 0.25) is 0 Å². The molecule has 0 bridgehead atoms. The lowest BCUT2D eigenvalue weighted by molar-refractivity contribution is 0.841. The lowest BCUT2D eigenvalue weighted by Crippen LogP contribution is -2.12. The molecule has 108 valence electrons. The number of benzene rings is 1. The quantitative estimate of drug-likeness (QED) is 0.908. The molecule has 0 aliphatic rings.